The van der Waals surface area contributed by atoms with Gasteiger partial charge in [-0.05, 0) is 24.7 Å². The number of hydrogen-bond acceptors (Lipinski definition) is 3. The lowest BCUT2D eigenvalue weighted by atomic mass is 9.75. The first-order valence-electron chi connectivity index (χ1n) is 7.61. The Labute approximate surface area is 116 Å². The van der Waals surface area contributed by atoms with Gasteiger partial charge in [-0.1, -0.05) is 40.0 Å². The standard InChI is InChI=1S/C15H27N3O/c1-4-13-6-5-7-15(19,8-13)9-14-16-11-17-18(14)10-12(2)3/h11-13,19H,4-10H2,1-3H3. The molecule has 1 saturated carbocycles. The third-order valence-electron chi connectivity index (χ3n) is 4.22. The molecule has 0 aromatic carbocycles. The maximum Gasteiger partial charge on any atom is 0.138 e. The lowest BCUT2D eigenvalue weighted by molar-refractivity contribution is -0.0186. The van der Waals surface area contributed by atoms with Crippen LogP contribution in [0.2, 0.25) is 0 Å². The van der Waals surface area contributed by atoms with Crippen LogP contribution in [-0.2, 0) is 13.0 Å². The van der Waals surface area contributed by atoms with Gasteiger partial charge in [-0.3, -0.25) is 0 Å². The summed E-state index contributed by atoms with van der Waals surface area (Å²) in [7, 11) is 0. The van der Waals surface area contributed by atoms with Gasteiger partial charge in [0.1, 0.15) is 12.2 Å². The Morgan fingerprint density at radius 3 is 3.00 bits per heavy atom. The fraction of sp³-hybridized carbons (Fsp3) is 0.867. The van der Waals surface area contributed by atoms with E-state index in [2.05, 4.69) is 30.9 Å². The average Bonchev–Trinajstić information content (AvgIpc) is 2.75. The SMILES string of the molecule is CCC1CCCC(O)(Cc2ncnn2CC(C)C)C1. The lowest BCUT2D eigenvalue weighted by Gasteiger charge is -2.36. The Kier molecular flexibility index (Phi) is 4.61. The Morgan fingerprint density at radius 2 is 2.32 bits per heavy atom. The van der Waals surface area contributed by atoms with E-state index < -0.39 is 5.60 Å². The summed E-state index contributed by atoms with van der Waals surface area (Å²) in [6.45, 7) is 7.45. The van der Waals surface area contributed by atoms with E-state index in [1.165, 1.54) is 12.8 Å². The Bertz CT molecular complexity index is 402. The minimum atomic E-state index is -0.569. The van der Waals surface area contributed by atoms with E-state index in [0.29, 0.717) is 18.3 Å². The summed E-state index contributed by atoms with van der Waals surface area (Å²) in [5.74, 6) is 2.15. The highest BCUT2D eigenvalue weighted by atomic mass is 16.3. The minimum Gasteiger partial charge on any atom is -0.389 e. The summed E-state index contributed by atoms with van der Waals surface area (Å²) in [5.41, 5.74) is -0.569. The smallest absolute Gasteiger partial charge is 0.138 e. The maximum absolute atomic E-state index is 10.8. The van der Waals surface area contributed by atoms with E-state index in [-0.39, 0.29) is 0 Å². The van der Waals surface area contributed by atoms with Crippen molar-refractivity contribution in [3.63, 3.8) is 0 Å². The van der Waals surface area contributed by atoms with E-state index in [1.54, 1.807) is 6.33 Å². The van der Waals surface area contributed by atoms with Gasteiger partial charge >= 0.3 is 0 Å². The van der Waals surface area contributed by atoms with E-state index in [0.717, 1.165) is 31.6 Å². The molecule has 1 aromatic heterocycles. The molecule has 0 bridgehead atoms. The van der Waals surface area contributed by atoms with Crippen LogP contribution >= 0.6 is 0 Å². The summed E-state index contributed by atoms with van der Waals surface area (Å²) in [4.78, 5) is 4.35. The van der Waals surface area contributed by atoms with Crippen molar-refractivity contribution in [3.8, 4) is 0 Å². The van der Waals surface area contributed by atoms with Gasteiger partial charge < -0.3 is 5.11 Å². The number of rotatable bonds is 5. The molecule has 0 amide bonds. The topological polar surface area (TPSA) is 50.9 Å². The summed E-state index contributed by atoms with van der Waals surface area (Å²) in [6.07, 6.45) is 7.64. The molecule has 1 aliphatic rings. The monoisotopic (exact) mass is 265 g/mol. The van der Waals surface area contributed by atoms with Crippen LogP contribution in [0.5, 0.6) is 0 Å². The normalized spacial score (nSPS) is 27.9. The molecule has 1 aromatic rings. The van der Waals surface area contributed by atoms with Crippen LogP contribution in [0.25, 0.3) is 0 Å². The average molecular weight is 265 g/mol. The Balaban J connectivity index is 2.05. The number of aromatic nitrogens is 3. The third-order valence-corrected chi connectivity index (χ3v) is 4.22. The van der Waals surface area contributed by atoms with Crippen molar-refractivity contribution in [2.24, 2.45) is 11.8 Å². The highest BCUT2D eigenvalue weighted by molar-refractivity contribution is 4.97. The van der Waals surface area contributed by atoms with Gasteiger partial charge in [-0.15, -0.1) is 0 Å². The van der Waals surface area contributed by atoms with E-state index in [4.69, 9.17) is 0 Å². The summed E-state index contributed by atoms with van der Waals surface area (Å²) < 4.78 is 1.96. The van der Waals surface area contributed by atoms with Crippen molar-refractivity contribution in [2.45, 2.75) is 71.4 Å². The van der Waals surface area contributed by atoms with Crippen molar-refractivity contribution in [3.05, 3.63) is 12.2 Å². The van der Waals surface area contributed by atoms with Gasteiger partial charge in [0.15, 0.2) is 0 Å². The highest BCUT2D eigenvalue weighted by Gasteiger charge is 2.35. The molecule has 1 aliphatic carbocycles. The molecular formula is C15H27N3O. The molecule has 4 heteroatoms. The third kappa shape index (κ3) is 3.78. The van der Waals surface area contributed by atoms with Crippen LogP contribution < -0.4 is 0 Å². The van der Waals surface area contributed by atoms with E-state index >= 15 is 0 Å². The van der Waals surface area contributed by atoms with Crippen LogP contribution in [-0.4, -0.2) is 25.5 Å². The molecule has 2 atom stereocenters. The number of nitrogens with zero attached hydrogens (tertiary/aromatic N) is 3. The van der Waals surface area contributed by atoms with Crippen molar-refractivity contribution in [2.75, 3.05) is 0 Å². The molecule has 4 nitrogen and oxygen atoms in total. The fourth-order valence-corrected chi connectivity index (χ4v) is 3.19. The zero-order chi connectivity index (χ0) is 13.9. The zero-order valence-electron chi connectivity index (χ0n) is 12.5. The fourth-order valence-electron chi connectivity index (χ4n) is 3.19. The first-order valence-corrected chi connectivity index (χ1v) is 7.61. The van der Waals surface area contributed by atoms with Crippen molar-refractivity contribution in [1.82, 2.24) is 14.8 Å². The van der Waals surface area contributed by atoms with Gasteiger partial charge in [0.05, 0.1) is 5.60 Å². The molecule has 0 aliphatic heterocycles. The largest absolute Gasteiger partial charge is 0.389 e. The molecule has 108 valence electrons. The van der Waals surface area contributed by atoms with Crippen LogP contribution in [0.1, 0.15) is 58.7 Å². The highest BCUT2D eigenvalue weighted by Crippen LogP contribution is 2.36. The van der Waals surface area contributed by atoms with Gasteiger partial charge in [-0.2, -0.15) is 5.10 Å². The van der Waals surface area contributed by atoms with Crippen molar-refractivity contribution < 1.29 is 5.11 Å². The predicted octanol–water partition coefficient (Wildman–Crippen LogP) is 2.81. The van der Waals surface area contributed by atoms with Crippen molar-refractivity contribution >= 4 is 0 Å². The van der Waals surface area contributed by atoms with Crippen molar-refractivity contribution in [1.29, 1.82) is 0 Å². The summed E-state index contributed by atoms with van der Waals surface area (Å²) in [5, 5.41) is 15.1. The van der Waals surface area contributed by atoms with Crippen LogP contribution in [0.4, 0.5) is 0 Å². The molecule has 2 unspecified atom stereocenters. The second-order valence-corrected chi connectivity index (χ2v) is 6.52. The minimum absolute atomic E-state index is 0.546. The summed E-state index contributed by atoms with van der Waals surface area (Å²) >= 11 is 0. The van der Waals surface area contributed by atoms with Gasteiger partial charge in [0, 0.05) is 13.0 Å². The second-order valence-electron chi connectivity index (χ2n) is 6.52. The second kappa shape index (κ2) is 6.04. The van der Waals surface area contributed by atoms with Gasteiger partial charge in [-0.25, -0.2) is 9.67 Å². The molecule has 19 heavy (non-hydrogen) atoms. The maximum atomic E-state index is 10.8. The predicted molar refractivity (Wildman–Crippen MR) is 75.8 cm³/mol. The first kappa shape index (κ1) is 14.5. The van der Waals surface area contributed by atoms with Gasteiger partial charge in [0.25, 0.3) is 0 Å². The Morgan fingerprint density at radius 1 is 1.53 bits per heavy atom. The molecule has 0 spiro atoms. The zero-order valence-corrected chi connectivity index (χ0v) is 12.5. The number of aliphatic hydroxyl groups is 1. The lowest BCUT2D eigenvalue weighted by Crippen LogP contribution is -2.38. The molecule has 2 rings (SSSR count). The molecule has 0 saturated heterocycles. The molecular weight excluding hydrogens is 238 g/mol. The quantitative estimate of drug-likeness (QED) is 0.890. The molecule has 0 radical (unpaired) electrons. The molecule has 1 fully saturated rings. The van der Waals surface area contributed by atoms with E-state index in [1.807, 2.05) is 4.68 Å². The Hall–Kier alpha value is -0.900. The summed E-state index contributed by atoms with van der Waals surface area (Å²) in [6, 6.07) is 0. The van der Waals surface area contributed by atoms with Crippen LogP contribution in [0, 0.1) is 11.8 Å². The number of hydrogen-bond donors (Lipinski definition) is 1. The molecule has 1 heterocycles. The van der Waals surface area contributed by atoms with Gasteiger partial charge in [0.2, 0.25) is 0 Å². The first-order chi connectivity index (χ1) is 9.02. The van der Waals surface area contributed by atoms with Crippen LogP contribution in [0.3, 0.4) is 0 Å². The van der Waals surface area contributed by atoms with E-state index in [9.17, 15) is 5.11 Å². The molecule has 1 N–H and O–H groups in total. The van der Waals surface area contributed by atoms with Crippen LogP contribution in [0.15, 0.2) is 6.33 Å².